The summed E-state index contributed by atoms with van der Waals surface area (Å²) >= 11 is 0. The molecule has 2 aromatic rings. The van der Waals surface area contributed by atoms with Gasteiger partial charge in [0.2, 0.25) is 15.8 Å². The number of hydrogen-bond acceptors (Lipinski definition) is 9. The third kappa shape index (κ3) is 5.39. The molecule has 0 radical (unpaired) electrons. The van der Waals surface area contributed by atoms with Crippen LogP contribution < -0.4 is 14.2 Å². The summed E-state index contributed by atoms with van der Waals surface area (Å²) in [6.07, 6.45) is -0.555. The highest BCUT2D eigenvalue weighted by molar-refractivity contribution is 7.89. The van der Waals surface area contributed by atoms with Crippen LogP contribution in [0.15, 0.2) is 23.1 Å². The van der Waals surface area contributed by atoms with Gasteiger partial charge in [-0.1, -0.05) is 0 Å². The summed E-state index contributed by atoms with van der Waals surface area (Å²) < 4.78 is 48.1. The molecule has 3 rings (SSSR count). The smallest absolute Gasteiger partial charge is 0.339 e. The first-order chi connectivity index (χ1) is 16.0. The third-order valence-electron chi connectivity index (χ3n) is 5.19. The Morgan fingerprint density at radius 1 is 1.15 bits per heavy atom. The second kappa shape index (κ2) is 10.3. The first-order valence-electron chi connectivity index (χ1n) is 10.5. The van der Waals surface area contributed by atoms with Crippen LogP contribution in [0.1, 0.15) is 45.4 Å². The van der Waals surface area contributed by atoms with Gasteiger partial charge in [-0.2, -0.15) is 4.72 Å². The minimum atomic E-state index is -4.06. The standard InChI is InChI=1S/C22H26N2O9S/c1-12-19(22(27)30-4)13(2)24-20(12)21(26)14(3)33-18(25)11-23-34(28,29)15-6-7-16-17(10-15)32-9-5-8-31-16/h6-7,10,14,23-24H,5,8-9,11H2,1-4H3/t14-/m1/s1. The Kier molecular flexibility index (Phi) is 7.62. The first kappa shape index (κ1) is 25.2. The van der Waals surface area contributed by atoms with E-state index in [9.17, 15) is 22.8 Å². The number of H-pyrrole nitrogens is 1. The van der Waals surface area contributed by atoms with Crippen molar-refractivity contribution < 1.29 is 41.7 Å². The van der Waals surface area contributed by atoms with Gasteiger partial charge >= 0.3 is 11.9 Å². The summed E-state index contributed by atoms with van der Waals surface area (Å²) in [7, 11) is -2.83. The molecule has 0 bridgehead atoms. The lowest BCUT2D eigenvalue weighted by molar-refractivity contribution is -0.144. The molecule has 0 saturated heterocycles. The Morgan fingerprint density at radius 2 is 1.82 bits per heavy atom. The zero-order chi connectivity index (χ0) is 25.0. The average molecular weight is 495 g/mol. The van der Waals surface area contributed by atoms with Crippen molar-refractivity contribution in [2.45, 2.75) is 38.2 Å². The van der Waals surface area contributed by atoms with Gasteiger partial charge in [-0.25, -0.2) is 13.2 Å². The summed E-state index contributed by atoms with van der Waals surface area (Å²) in [5.74, 6) is -1.39. The van der Waals surface area contributed by atoms with Gasteiger partial charge in [0.15, 0.2) is 17.6 Å². The second-order valence-corrected chi connectivity index (χ2v) is 9.36. The topological polar surface area (TPSA) is 150 Å². The average Bonchev–Trinajstić information content (AvgIpc) is 2.96. The Labute approximate surface area is 196 Å². The summed E-state index contributed by atoms with van der Waals surface area (Å²) in [5.41, 5.74) is 1.14. The molecule has 0 saturated carbocycles. The van der Waals surface area contributed by atoms with Crippen LogP contribution in [-0.4, -0.2) is 64.1 Å². The normalized spacial score (nSPS) is 14.1. The van der Waals surface area contributed by atoms with E-state index in [1.54, 1.807) is 13.8 Å². The monoisotopic (exact) mass is 494 g/mol. The van der Waals surface area contributed by atoms with Crippen LogP contribution in [0.2, 0.25) is 0 Å². The molecule has 1 aromatic carbocycles. The molecule has 34 heavy (non-hydrogen) atoms. The van der Waals surface area contributed by atoms with Crippen LogP contribution in [-0.2, 0) is 24.3 Å². The molecule has 184 valence electrons. The van der Waals surface area contributed by atoms with Gasteiger partial charge in [-0.05, 0) is 38.5 Å². The zero-order valence-corrected chi connectivity index (χ0v) is 20.0. The van der Waals surface area contributed by atoms with Gasteiger partial charge in [0.25, 0.3) is 0 Å². The predicted octanol–water partition coefficient (Wildman–Crippen LogP) is 1.67. The number of aromatic nitrogens is 1. The van der Waals surface area contributed by atoms with E-state index in [1.165, 1.54) is 32.2 Å². The number of methoxy groups -OCH3 is 1. The Bertz CT molecular complexity index is 1220. The molecule has 1 aliphatic rings. The highest BCUT2D eigenvalue weighted by Crippen LogP contribution is 2.31. The summed E-state index contributed by atoms with van der Waals surface area (Å²) in [6.45, 7) is 4.70. The lowest BCUT2D eigenvalue weighted by Gasteiger charge is -2.13. The number of Topliss-reactive ketones (excluding diaryl/α,β-unsaturated/α-hetero) is 1. The van der Waals surface area contributed by atoms with Crippen molar-refractivity contribution in [1.82, 2.24) is 9.71 Å². The van der Waals surface area contributed by atoms with Crippen molar-refractivity contribution in [3.8, 4) is 11.5 Å². The van der Waals surface area contributed by atoms with Crippen molar-refractivity contribution in [1.29, 1.82) is 0 Å². The minimum absolute atomic E-state index is 0.103. The molecule has 1 aromatic heterocycles. The van der Waals surface area contributed by atoms with Crippen molar-refractivity contribution in [2.24, 2.45) is 0 Å². The number of sulfonamides is 1. The number of benzene rings is 1. The van der Waals surface area contributed by atoms with Crippen LogP contribution in [0.4, 0.5) is 0 Å². The Hall–Kier alpha value is -3.38. The van der Waals surface area contributed by atoms with E-state index < -0.39 is 40.4 Å². The minimum Gasteiger partial charge on any atom is -0.490 e. The molecular weight excluding hydrogens is 468 g/mol. The van der Waals surface area contributed by atoms with Crippen LogP contribution >= 0.6 is 0 Å². The third-order valence-corrected chi connectivity index (χ3v) is 6.59. The number of ether oxygens (including phenoxy) is 4. The maximum Gasteiger partial charge on any atom is 0.339 e. The van der Waals surface area contributed by atoms with E-state index in [2.05, 4.69) is 9.71 Å². The van der Waals surface area contributed by atoms with Crippen molar-refractivity contribution >= 4 is 27.7 Å². The number of aromatic amines is 1. The van der Waals surface area contributed by atoms with E-state index in [-0.39, 0.29) is 16.2 Å². The van der Waals surface area contributed by atoms with Crippen LogP contribution in [0.3, 0.4) is 0 Å². The summed E-state index contributed by atoms with van der Waals surface area (Å²) in [5, 5.41) is 0. The first-order valence-corrected chi connectivity index (χ1v) is 11.9. The number of ketones is 1. The fraction of sp³-hybridized carbons (Fsp3) is 0.409. The van der Waals surface area contributed by atoms with Crippen LogP contribution in [0, 0.1) is 13.8 Å². The summed E-state index contributed by atoms with van der Waals surface area (Å²) in [6, 6.07) is 4.13. The highest BCUT2D eigenvalue weighted by atomic mass is 32.2. The molecule has 12 heteroatoms. The van der Waals surface area contributed by atoms with Crippen molar-refractivity contribution in [2.75, 3.05) is 26.9 Å². The number of aryl methyl sites for hydroxylation is 1. The molecule has 2 heterocycles. The number of rotatable bonds is 8. The fourth-order valence-corrected chi connectivity index (χ4v) is 4.43. The molecule has 1 aliphatic heterocycles. The number of nitrogens with one attached hydrogen (secondary N) is 2. The van der Waals surface area contributed by atoms with Gasteiger partial charge < -0.3 is 23.9 Å². The maximum absolute atomic E-state index is 12.7. The fourth-order valence-electron chi connectivity index (χ4n) is 3.45. The molecule has 0 spiro atoms. The molecule has 1 atom stereocenters. The molecule has 0 aliphatic carbocycles. The maximum atomic E-state index is 12.7. The molecule has 0 amide bonds. The molecule has 0 unspecified atom stereocenters. The van der Waals surface area contributed by atoms with E-state index in [0.717, 1.165) is 0 Å². The van der Waals surface area contributed by atoms with Crippen LogP contribution in [0.25, 0.3) is 0 Å². The molecule has 2 N–H and O–H groups in total. The number of fused-ring (bicyclic) bond motifs is 1. The molecule has 11 nitrogen and oxygen atoms in total. The van der Waals surface area contributed by atoms with Gasteiger partial charge in [-0.15, -0.1) is 0 Å². The highest BCUT2D eigenvalue weighted by Gasteiger charge is 2.28. The molecular formula is C22H26N2O9S. The second-order valence-electron chi connectivity index (χ2n) is 7.60. The zero-order valence-electron chi connectivity index (χ0n) is 19.2. The van der Waals surface area contributed by atoms with Gasteiger partial charge in [0.1, 0.15) is 6.54 Å². The predicted molar refractivity (Wildman–Crippen MR) is 119 cm³/mol. The van der Waals surface area contributed by atoms with Crippen molar-refractivity contribution in [3.63, 3.8) is 0 Å². The SMILES string of the molecule is COC(=O)c1c(C)[nH]c(C(=O)[C@@H](C)OC(=O)CNS(=O)(=O)c2ccc3c(c2)OCCCO3)c1C. The van der Waals surface area contributed by atoms with E-state index in [0.29, 0.717) is 42.4 Å². The van der Waals surface area contributed by atoms with E-state index in [1.807, 2.05) is 0 Å². The van der Waals surface area contributed by atoms with Crippen molar-refractivity contribution in [3.05, 3.63) is 40.7 Å². The van der Waals surface area contributed by atoms with Crippen LogP contribution in [0.5, 0.6) is 11.5 Å². The van der Waals surface area contributed by atoms with Gasteiger partial charge in [0.05, 0.1) is 36.5 Å². The van der Waals surface area contributed by atoms with E-state index in [4.69, 9.17) is 18.9 Å². The van der Waals surface area contributed by atoms with E-state index >= 15 is 0 Å². The number of esters is 2. The number of hydrogen-bond donors (Lipinski definition) is 2. The molecule has 0 fully saturated rings. The largest absolute Gasteiger partial charge is 0.490 e. The Balaban J connectivity index is 1.63. The summed E-state index contributed by atoms with van der Waals surface area (Å²) in [4.78, 5) is 39.6. The number of carbonyl (C=O) groups is 3. The Morgan fingerprint density at radius 3 is 2.50 bits per heavy atom. The van der Waals surface area contributed by atoms with Gasteiger partial charge in [0, 0.05) is 18.2 Å². The quantitative estimate of drug-likeness (QED) is 0.413. The van der Waals surface area contributed by atoms with Gasteiger partial charge in [-0.3, -0.25) is 9.59 Å². The lowest BCUT2D eigenvalue weighted by Crippen LogP contribution is -2.34. The number of carbonyl (C=O) groups excluding carboxylic acids is 3. The lowest BCUT2D eigenvalue weighted by atomic mass is 10.1.